The summed E-state index contributed by atoms with van der Waals surface area (Å²) in [6.07, 6.45) is -4.74. The van der Waals surface area contributed by atoms with E-state index in [2.05, 4.69) is 0 Å². The topological polar surface area (TPSA) is 59.1 Å². The normalized spacial score (nSPS) is 18.6. The number of carbonyl (C=O) groups is 2. The molecule has 1 aromatic heterocycles. The van der Waals surface area contributed by atoms with Crippen LogP contribution < -0.4 is 14.4 Å². The van der Waals surface area contributed by atoms with Crippen LogP contribution in [0.1, 0.15) is 11.3 Å². The van der Waals surface area contributed by atoms with E-state index in [0.717, 1.165) is 4.88 Å². The molecule has 160 valence electrons. The Morgan fingerprint density at radius 2 is 1.97 bits per heavy atom. The lowest BCUT2D eigenvalue weighted by atomic mass is 10.1. The van der Waals surface area contributed by atoms with Crippen LogP contribution in [0.15, 0.2) is 35.7 Å². The highest BCUT2D eigenvalue weighted by molar-refractivity contribution is 7.09. The number of benzene rings is 1. The van der Waals surface area contributed by atoms with Gasteiger partial charge >= 0.3 is 6.18 Å². The third-order valence-electron chi connectivity index (χ3n) is 4.93. The van der Waals surface area contributed by atoms with E-state index >= 15 is 0 Å². The Bertz CT molecular complexity index is 933. The SMILES string of the molecule is O=C1CC(C(=O)N(Cc2cccs2)c2ccc3c(c2)OCCO3)CN1CC(F)(F)F. The van der Waals surface area contributed by atoms with Crippen molar-refractivity contribution in [2.75, 3.05) is 31.2 Å². The van der Waals surface area contributed by atoms with Crippen molar-refractivity contribution in [3.05, 3.63) is 40.6 Å². The van der Waals surface area contributed by atoms with E-state index < -0.39 is 30.5 Å². The first-order valence-electron chi connectivity index (χ1n) is 9.38. The Balaban J connectivity index is 1.58. The van der Waals surface area contributed by atoms with Crippen LogP contribution in [0.2, 0.25) is 0 Å². The zero-order valence-corrected chi connectivity index (χ0v) is 16.7. The lowest BCUT2D eigenvalue weighted by Crippen LogP contribution is -2.39. The van der Waals surface area contributed by atoms with Gasteiger partial charge in [-0.2, -0.15) is 13.2 Å². The van der Waals surface area contributed by atoms with Gasteiger partial charge in [0.25, 0.3) is 0 Å². The lowest BCUT2D eigenvalue weighted by molar-refractivity contribution is -0.157. The maximum absolute atomic E-state index is 13.3. The van der Waals surface area contributed by atoms with Crippen LogP contribution in [0, 0.1) is 5.92 Å². The van der Waals surface area contributed by atoms with E-state index in [0.29, 0.717) is 35.3 Å². The minimum absolute atomic E-state index is 0.236. The molecule has 2 aliphatic heterocycles. The maximum atomic E-state index is 13.3. The average Bonchev–Trinajstić information content (AvgIpc) is 3.34. The van der Waals surface area contributed by atoms with Crippen molar-refractivity contribution in [2.45, 2.75) is 19.1 Å². The van der Waals surface area contributed by atoms with Gasteiger partial charge in [0, 0.05) is 29.6 Å². The molecule has 6 nitrogen and oxygen atoms in total. The van der Waals surface area contributed by atoms with Crippen molar-refractivity contribution in [3.8, 4) is 11.5 Å². The van der Waals surface area contributed by atoms with E-state index in [1.54, 1.807) is 18.2 Å². The molecular formula is C20H19F3N2O4S. The van der Waals surface area contributed by atoms with Crippen LogP contribution in [0.4, 0.5) is 18.9 Å². The zero-order chi connectivity index (χ0) is 21.3. The van der Waals surface area contributed by atoms with Gasteiger partial charge in [-0.3, -0.25) is 9.59 Å². The number of halogens is 3. The molecule has 0 radical (unpaired) electrons. The molecule has 10 heteroatoms. The summed E-state index contributed by atoms with van der Waals surface area (Å²) in [7, 11) is 0. The van der Waals surface area contributed by atoms with Gasteiger partial charge in [-0.05, 0) is 23.6 Å². The van der Waals surface area contributed by atoms with Gasteiger partial charge in [-0.15, -0.1) is 11.3 Å². The van der Waals surface area contributed by atoms with Crippen molar-refractivity contribution in [1.29, 1.82) is 0 Å². The molecule has 0 N–H and O–H groups in total. The molecule has 2 aliphatic rings. The van der Waals surface area contributed by atoms with Gasteiger partial charge in [0.05, 0.1) is 12.5 Å². The van der Waals surface area contributed by atoms with Crippen LogP contribution in [0.5, 0.6) is 11.5 Å². The van der Waals surface area contributed by atoms with Crippen molar-refractivity contribution in [3.63, 3.8) is 0 Å². The Kier molecular flexibility index (Phi) is 5.59. The van der Waals surface area contributed by atoms with Crippen LogP contribution >= 0.6 is 11.3 Å². The van der Waals surface area contributed by atoms with Crippen molar-refractivity contribution < 1.29 is 32.2 Å². The molecule has 2 aromatic rings. The number of alkyl halides is 3. The molecule has 1 aromatic carbocycles. The highest BCUT2D eigenvalue weighted by atomic mass is 32.1. The number of hydrogen-bond donors (Lipinski definition) is 0. The van der Waals surface area contributed by atoms with E-state index in [1.165, 1.54) is 16.2 Å². The predicted octanol–water partition coefficient (Wildman–Crippen LogP) is 3.46. The molecule has 0 spiro atoms. The number of amides is 2. The fourth-order valence-electron chi connectivity index (χ4n) is 3.58. The number of fused-ring (bicyclic) bond motifs is 1. The van der Waals surface area contributed by atoms with Crippen LogP contribution in [-0.4, -0.2) is 49.2 Å². The van der Waals surface area contributed by atoms with Gasteiger partial charge in [-0.1, -0.05) is 6.07 Å². The second-order valence-electron chi connectivity index (χ2n) is 7.12. The lowest BCUT2D eigenvalue weighted by Gasteiger charge is -2.27. The molecule has 3 heterocycles. The van der Waals surface area contributed by atoms with Gasteiger partial charge < -0.3 is 19.3 Å². The molecule has 1 saturated heterocycles. The number of rotatable bonds is 5. The Hall–Kier alpha value is -2.75. The smallest absolute Gasteiger partial charge is 0.406 e. The summed E-state index contributed by atoms with van der Waals surface area (Å²) in [4.78, 5) is 28.5. The monoisotopic (exact) mass is 440 g/mol. The summed E-state index contributed by atoms with van der Waals surface area (Å²) in [5, 5.41) is 1.88. The first kappa shape index (κ1) is 20.5. The highest BCUT2D eigenvalue weighted by Crippen LogP contribution is 2.36. The van der Waals surface area contributed by atoms with Crippen LogP contribution in [-0.2, 0) is 16.1 Å². The summed E-state index contributed by atoms with van der Waals surface area (Å²) in [5.74, 6) is -0.820. The zero-order valence-electron chi connectivity index (χ0n) is 15.9. The molecule has 1 unspecified atom stereocenters. The minimum Gasteiger partial charge on any atom is -0.486 e. The van der Waals surface area contributed by atoms with Gasteiger partial charge in [0.2, 0.25) is 11.8 Å². The third-order valence-corrected chi connectivity index (χ3v) is 5.79. The molecule has 1 atom stereocenters. The first-order valence-corrected chi connectivity index (χ1v) is 10.3. The number of ether oxygens (including phenoxy) is 2. The molecule has 0 aliphatic carbocycles. The highest BCUT2D eigenvalue weighted by Gasteiger charge is 2.42. The summed E-state index contributed by atoms with van der Waals surface area (Å²) in [6, 6.07) is 8.83. The Morgan fingerprint density at radius 1 is 1.20 bits per heavy atom. The third kappa shape index (κ3) is 4.53. The molecule has 1 fully saturated rings. The number of anilines is 1. The molecule has 4 rings (SSSR count). The maximum Gasteiger partial charge on any atom is 0.406 e. The van der Waals surface area contributed by atoms with E-state index in [1.807, 2.05) is 17.5 Å². The summed E-state index contributed by atoms with van der Waals surface area (Å²) < 4.78 is 49.3. The van der Waals surface area contributed by atoms with Crippen LogP contribution in [0.25, 0.3) is 0 Å². The van der Waals surface area contributed by atoms with E-state index in [4.69, 9.17) is 9.47 Å². The Labute approximate surface area is 174 Å². The number of carbonyl (C=O) groups excluding carboxylic acids is 2. The fraction of sp³-hybridized carbons (Fsp3) is 0.400. The summed E-state index contributed by atoms with van der Waals surface area (Å²) >= 11 is 1.47. The number of nitrogens with zero attached hydrogens (tertiary/aromatic N) is 2. The molecule has 2 amide bonds. The largest absolute Gasteiger partial charge is 0.486 e. The van der Waals surface area contributed by atoms with Gasteiger partial charge in [0.15, 0.2) is 11.5 Å². The summed E-state index contributed by atoms with van der Waals surface area (Å²) in [6.45, 7) is -0.518. The number of hydrogen-bond acceptors (Lipinski definition) is 5. The quantitative estimate of drug-likeness (QED) is 0.715. The van der Waals surface area contributed by atoms with Gasteiger partial charge in [0.1, 0.15) is 19.8 Å². The van der Waals surface area contributed by atoms with Crippen molar-refractivity contribution in [1.82, 2.24) is 4.90 Å². The standard InChI is InChI=1S/C20H19F3N2O4S/c21-20(22,23)12-24-10-13(8-18(24)26)19(27)25(11-15-2-1-7-30-15)14-3-4-16-17(9-14)29-6-5-28-16/h1-4,7,9,13H,5-6,8,10-12H2. The first-order chi connectivity index (χ1) is 14.3. The van der Waals surface area contributed by atoms with Crippen LogP contribution in [0.3, 0.4) is 0 Å². The average molecular weight is 440 g/mol. The van der Waals surface area contributed by atoms with Gasteiger partial charge in [-0.25, -0.2) is 0 Å². The molecule has 30 heavy (non-hydrogen) atoms. The fourth-order valence-corrected chi connectivity index (χ4v) is 4.27. The number of thiophene rings is 1. The molecule has 0 saturated carbocycles. The Morgan fingerprint density at radius 3 is 2.67 bits per heavy atom. The van der Waals surface area contributed by atoms with Crippen molar-refractivity contribution >= 4 is 28.8 Å². The van der Waals surface area contributed by atoms with Crippen molar-refractivity contribution in [2.24, 2.45) is 5.92 Å². The van der Waals surface area contributed by atoms with E-state index in [9.17, 15) is 22.8 Å². The molecular weight excluding hydrogens is 421 g/mol. The minimum atomic E-state index is -4.50. The second kappa shape index (κ2) is 8.17. The predicted molar refractivity (Wildman–Crippen MR) is 104 cm³/mol. The van der Waals surface area contributed by atoms with E-state index in [-0.39, 0.29) is 19.5 Å². The summed E-state index contributed by atoms with van der Waals surface area (Å²) in [5.41, 5.74) is 0.541. The number of likely N-dealkylation sites (tertiary alicyclic amines) is 1. The molecule has 0 bridgehead atoms. The second-order valence-corrected chi connectivity index (χ2v) is 8.15.